The third kappa shape index (κ3) is 2.65. The van der Waals surface area contributed by atoms with Crippen LogP contribution in [0.5, 0.6) is 0 Å². The van der Waals surface area contributed by atoms with Crippen LogP contribution in [0.15, 0.2) is 21.2 Å². The second kappa shape index (κ2) is 5.94. The average Bonchev–Trinajstić information content (AvgIpc) is 3.24. The van der Waals surface area contributed by atoms with Crippen LogP contribution in [0.2, 0.25) is 0 Å². The van der Waals surface area contributed by atoms with Crippen LogP contribution in [0.3, 0.4) is 0 Å². The van der Waals surface area contributed by atoms with E-state index in [1.54, 1.807) is 11.0 Å². The number of carbonyl (C=O) groups is 1. The zero-order valence-electron chi connectivity index (χ0n) is 13.2. The lowest BCUT2D eigenvalue weighted by Gasteiger charge is -2.21. The average molecular weight is 303 g/mol. The van der Waals surface area contributed by atoms with Crippen LogP contribution in [0.1, 0.15) is 73.3 Å². The Kier molecular flexibility index (Phi) is 4.00. The second-order valence-electron chi connectivity index (χ2n) is 6.00. The second-order valence-corrected chi connectivity index (χ2v) is 6.00. The summed E-state index contributed by atoms with van der Waals surface area (Å²) in [6.45, 7) is 6.77. The van der Waals surface area contributed by atoms with Crippen molar-refractivity contribution in [3.05, 3.63) is 35.0 Å². The highest BCUT2D eigenvalue weighted by molar-refractivity contribution is 5.92. The number of amides is 1. The predicted octanol–water partition coefficient (Wildman–Crippen LogP) is 3.33. The molecule has 3 rings (SSSR count). The van der Waals surface area contributed by atoms with Crippen molar-refractivity contribution < 1.29 is 13.8 Å². The van der Waals surface area contributed by atoms with E-state index in [0.29, 0.717) is 12.3 Å². The van der Waals surface area contributed by atoms with E-state index in [1.807, 2.05) is 26.8 Å². The van der Waals surface area contributed by atoms with Crippen molar-refractivity contribution in [2.24, 2.45) is 0 Å². The number of hydrogen-bond donors (Lipinski definition) is 0. The third-order valence-electron chi connectivity index (χ3n) is 4.11. The largest absolute Gasteiger partial charge is 0.359 e. The predicted molar refractivity (Wildman–Crippen MR) is 79.5 cm³/mol. The summed E-state index contributed by atoms with van der Waals surface area (Å²) in [6.07, 6.45) is 2.66. The maximum atomic E-state index is 12.7. The maximum Gasteiger partial charge on any atom is 0.293 e. The van der Waals surface area contributed by atoms with Crippen molar-refractivity contribution in [3.63, 3.8) is 0 Å². The molecule has 0 N–H and O–H groups in total. The van der Waals surface area contributed by atoms with Gasteiger partial charge in [0.15, 0.2) is 5.76 Å². The van der Waals surface area contributed by atoms with E-state index in [9.17, 15) is 4.79 Å². The highest BCUT2D eigenvalue weighted by Crippen LogP contribution is 2.33. The van der Waals surface area contributed by atoms with Gasteiger partial charge in [0.2, 0.25) is 5.76 Å². The number of carbonyl (C=O) groups excluding carboxylic acids is 1. The summed E-state index contributed by atoms with van der Waals surface area (Å²) in [5, 5.41) is 7.99. The lowest BCUT2D eigenvalue weighted by molar-refractivity contribution is 0.0672. The number of likely N-dealkylation sites (tertiary alicyclic amines) is 1. The minimum atomic E-state index is -0.128. The minimum Gasteiger partial charge on any atom is -0.359 e. The molecule has 118 valence electrons. The zero-order chi connectivity index (χ0) is 15.7. The van der Waals surface area contributed by atoms with E-state index >= 15 is 0 Å². The van der Waals surface area contributed by atoms with Gasteiger partial charge in [-0.2, -0.15) is 0 Å². The first-order chi connectivity index (χ1) is 10.6. The maximum absolute atomic E-state index is 12.7. The van der Waals surface area contributed by atoms with Gasteiger partial charge < -0.3 is 13.9 Å². The van der Waals surface area contributed by atoms with Gasteiger partial charge in [0.05, 0.1) is 17.4 Å². The molecule has 2 aromatic heterocycles. The first-order valence-electron chi connectivity index (χ1n) is 7.83. The van der Waals surface area contributed by atoms with Gasteiger partial charge in [-0.1, -0.05) is 31.1 Å². The Morgan fingerprint density at radius 2 is 2.18 bits per heavy atom. The first kappa shape index (κ1) is 14.8. The van der Waals surface area contributed by atoms with Gasteiger partial charge in [-0.15, -0.1) is 0 Å². The van der Waals surface area contributed by atoms with Crippen LogP contribution in [-0.2, 0) is 6.42 Å². The lowest BCUT2D eigenvalue weighted by atomic mass is 10.1. The number of nitrogens with zero attached hydrogens (tertiary/aromatic N) is 3. The summed E-state index contributed by atoms with van der Waals surface area (Å²) in [5.74, 6) is 1.16. The monoisotopic (exact) mass is 303 g/mol. The molecule has 1 saturated heterocycles. The molecule has 0 spiro atoms. The van der Waals surface area contributed by atoms with Crippen molar-refractivity contribution in [3.8, 4) is 0 Å². The standard InChI is InChI=1S/C16H21N3O3/c1-4-11-8-14(21-17-11)13-6-5-7-19(13)16(20)15-9-12(10(2)3)18-22-15/h8-10,13H,4-7H2,1-3H3. The van der Waals surface area contributed by atoms with Crippen LogP contribution in [-0.4, -0.2) is 27.7 Å². The Hall–Kier alpha value is -2.11. The van der Waals surface area contributed by atoms with E-state index in [-0.39, 0.29) is 17.9 Å². The van der Waals surface area contributed by atoms with Gasteiger partial charge in [-0.3, -0.25) is 4.79 Å². The molecular formula is C16H21N3O3. The molecule has 22 heavy (non-hydrogen) atoms. The SMILES string of the molecule is CCc1cc(C2CCCN2C(=O)c2cc(C(C)C)no2)on1. The topological polar surface area (TPSA) is 72.4 Å². The molecule has 1 unspecified atom stereocenters. The molecule has 2 aromatic rings. The Labute approximate surface area is 129 Å². The molecule has 1 amide bonds. The van der Waals surface area contributed by atoms with Crippen LogP contribution < -0.4 is 0 Å². The Balaban J connectivity index is 1.81. The van der Waals surface area contributed by atoms with Gasteiger partial charge >= 0.3 is 0 Å². The molecule has 0 radical (unpaired) electrons. The van der Waals surface area contributed by atoms with Crippen molar-refractivity contribution in [1.29, 1.82) is 0 Å². The Bertz CT molecular complexity index is 659. The van der Waals surface area contributed by atoms with E-state index in [2.05, 4.69) is 10.3 Å². The number of rotatable bonds is 4. The molecule has 1 aliphatic rings. The molecule has 0 aromatic carbocycles. The highest BCUT2D eigenvalue weighted by atomic mass is 16.5. The van der Waals surface area contributed by atoms with Crippen LogP contribution >= 0.6 is 0 Å². The Morgan fingerprint density at radius 1 is 1.36 bits per heavy atom. The Morgan fingerprint density at radius 3 is 2.82 bits per heavy atom. The number of aromatic nitrogens is 2. The molecular weight excluding hydrogens is 282 g/mol. The normalized spacial score (nSPS) is 18.4. The van der Waals surface area contributed by atoms with Crippen LogP contribution in [0, 0.1) is 0 Å². The zero-order valence-corrected chi connectivity index (χ0v) is 13.2. The highest BCUT2D eigenvalue weighted by Gasteiger charge is 2.35. The summed E-state index contributed by atoms with van der Waals surface area (Å²) in [5.41, 5.74) is 1.71. The summed E-state index contributed by atoms with van der Waals surface area (Å²) >= 11 is 0. The first-order valence-corrected chi connectivity index (χ1v) is 7.83. The van der Waals surface area contributed by atoms with Gasteiger partial charge in [-0.25, -0.2) is 0 Å². The third-order valence-corrected chi connectivity index (χ3v) is 4.11. The molecule has 0 bridgehead atoms. The molecule has 1 atom stereocenters. The minimum absolute atomic E-state index is 0.0621. The van der Waals surface area contributed by atoms with Gasteiger partial charge in [0.1, 0.15) is 0 Å². The fourth-order valence-electron chi connectivity index (χ4n) is 2.76. The van der Waals surface area contributed by atoms with Crippen molar-refractivity contribution in [1.82, 2.24) is 15.2 Å². The van der Waals surface area contributed by atoms with Crippen molar-refractivity contribution >= 4 is 5.91 Å². The van der Waals surface area contributed by atoms with Crippen LogP contribution in [0.4, 0.5) is 0 Å². The molecule has 6 heteroatoms. The fraction of sp³-hybridized carbons (Fsp3) is 0.562. The van der Waals surface area contributed by atoms with E-state index < -0.39 is 0 Å². The van der Waals surface area contributed by atoms with E-state index in [0.717, 1.165) is 36.4 Å². The number of aryl methyl sites for hydroxylation is 1. The van der Waals surface area contributed by atoms with Gasteiger partial charge in [0.25, 0.3) is 5.91 Å². The van der Waals surface area contributed by atoms with E-state index in [4.69, 9.17) is 9.05 Å². The smallest absolute Gasteiger partial charge is 0.293 e. The van der Waals surface area contributed by atoms with Crippen molar-refractivity contribution in [2.75, 3.05) is 6.54 Å². The molecule has 6 nitrogen and oxygen atoms in total. The summed E-state index contributed by atoms with van der Waals surface area (Å²) < 4.78 is 10.6. The number of hydrogen-bond acceptors (Lipinski definition) is 5. The molecule has 0 aliphatic carbocycles. The lowest BCUT2D eigenvalue weighted by Crippen LogP contribution is -2.30. The molecule has 0 saturated carbocycles. The molecule has 1 fully saturated rings. The molecule has 1 aliphatic heterocycles. The summed E-state index contributed by atoms with van der Waals surface area (Å²) in [7, 11) is 0. The van der Waals surface area contributed by atoms with Gasteiger partial charge in [0, 0.05) is 18.7 Å². The quantitative estimate of drug-likeness (QED) is 0.866. The van der Waals surface area contributed by atoms with E-state index in [1.165, 1.54) is 0 Å². The van der Waals surface area contributed by atoms with Crippen molar-refractivity contribution in [2.45, 2.75) is 52.0 Å². The summed E-state index contributed by atoms with van der Waals surface area (Å²) in [6, 6.07) is 3.61. The van der Waals surface area contributed by atoms with Crippen LogP contribution in [0.25, 0.3) is 0 Å². The summed E-state index contributed by atoms with van der Waals surface area (Å²) in [4.78, 5) is 14.5. The molecule has 3 heterocycles. The van der Waals surface area contributed by atoms with Gasteiger partial charge in [-0.05, 0) is 25.2 Å². The fourth-order valence-corrected chi connectivity index (χ4v) is 2.76.